The van der Waals surface area contributed by atoms with Crippen molar-refractivity contribution in [1.82, 2.24) is 19.9 Å². The molecular weight excluding hydrogens is 652 g/mol. The Balaban J connectivity index is 1.29. The first-order valence-electron chi connectivity index (χ1n) is 16.9. The fraction of sp³-hybridized carbons (Fsp3) is 0.543. The van der Waals surface area contributed by atoms with Crippen molar-refractivity contribution in [2.45, 2.75) is 94.3 Å². The zero-order chi connectivity index (χ0) is 35.1. The van der Waals surface area contributed by atoms with Crippen molar-refractivity contribution in [3.05, 3.63) is 48.1 Å². The van der Waals surface area contributed by atoms with E-state index >= 15 is 0 Å². The molecule has 3 amide bonds. The molecule has 49 heavy (non-hydrogen) atoms. The fourth-order valence-corrected chi connectivity index (χ4v) is 8.26. The van der Waals surface area contributed by atoms with E-state index in [1.807, 2.05) is 26.0 Å². The quantitative estimate of drug-likeness (QED) is 0.265. The van der Waals surface area contributed by atoms with Gasteiger partial charge >= 0.3 is 0 Å². The molecule has 1 aliphatic heterocycles. The highest BCUT2D eigenvalue weighted by Gasteiger charge is 2.62. The van der Waals surface area contributed by atoms with Crippen LogP contribution in [0.5, 0.6) is 17.4 Å². The van der Waals surface area contributed by atoms with Crippen LogP contribution in [0.2, 0.25) is 0 Å². The number of methoxy groups -OCH3 is 1. The SMILES string of the molecule is C=CC1C[C@]1(NC(=O)[C@@H]1C[C@@H](Oc2cc(OCC)nc3c(C)c(OC)ccc23)CN1C(=O)C(O)C1=CCCCC1)C(=O)NS(=O)(=O)C1CC1. The van der Waals surface area contributed by atoms with Gasteiger partial charge in [-0.25, -0.2) is 13.4 Å². The van der Waals surface area contributed by atoms with Crippen LogP contribution < -0.4 is 24.2 Å². The Morgan fingerprint density at radius 3 is 2.63 bits per heavy atom. The van der Waals surface area contributed by atoms with Crippen molar-refractivity contribution >= 4 is 38.6 Å². The number of pyridine rings is 1. The van der Waals surface area contributed by atoms with Gasteiger partial charge in [-0.1, -0.05) is 12.2 Å². The van der Waals surface area contributed by atoms with E-state index in [0.29, 0.717) is 59.7 Å². The van der Waals surface area contributed by atoms with Gasteiger partial charge in [0.05, 0.1) is 31.0 Å². The maximum absolute atomic E-state index is 14.1. The van der Waals surface area contributed by atoms with Crippen molar-refractivity contribution in [2.24, 2.45) is 5.92 Å². The Hall–Kier alpha value is -4.17. The van der Waals surface area contributed by atoms with Gasteiger partial charge in [0.1, 0.15) is 29.2 Å². The van der Waals surface area contributed by atoms with E-state index in [2.05, 4.69) is 21.6 Å². The molecule has 2 heterocycles. The molecule has 6 rings (SSSR count). The minimum absolute atomic E-state index is 0.0235. The maximum atomic E-state index is 14.1. The van der Waals surface area contributed by atoms with Gasteiger partial charge in [0, 0.05) is 29.4 Å². The van der Waals surface area contributed by atoms with Crippen molar-refractivity contribution < 1.29 is 42.1 Å². The number of amides is 3. The normalized spacial score (nSPS) is 25.6. The number of hydrogen-bond donors (Lipinski definition) is 3. The molecule has 0 bridgehead atoms. The molecule has 3 fully saturated rings. The van der Waals surface area contributed by atoms with E-state index in [9.17, 15) is 27.9 Å². The summed E-state index contributed by atoms with van der Waals surface area (Å²) in [4.78, 5) is 47.3. The molecule has 264 valence electrons. The third-order valence-corrected chi connectivity index (χ3v) is 11.8. The van der Waals surface area contributed by atoms with Crippen molar-refractivity contribution in [3.8, 4) is 17.4 Å². The number of carbonyl (C=O) groups is 3. The van der Waals surface area contributed by atoms with Crippen LogP contribution in [0.4, 0.5) is 0 Å². The van der Waals surface area contributed by atoms with Crippen LogP contribution in [0.1, 0.15) is 63.9 Å². The highest BCUT2D eigenvalue weighted by molar-refractivity contribution is 7.91. The Morgan fingerprint density at radius 2 is 2.00 bits per heavy atom. The molecule has 0 spiro atoms. The van der Waals surface area contributed by atoms with Gasteiger partial charge in [-0.15, -0.1) is 6.58 Å². The molecule has 1 saturated heterocycles. The van der Waals surface area contributed by atoms with Crippen LogP contribution in [0.3, 0.4) is 0 Å². The fourth-order valence-electron chi connectivity index (χ4n) is 6.90. The van der Waals surface area contributed by atoms with Crippen LogP contribution in [-0.2, 0) is 24.4 Å². The van der Waals surface area contributed by atoms with Gasteiger partial charge in [-0.05, 0) is 76.5 Å². The second-order valence-corrected chi connectivity index (χ2v) is 15.2. The minimum Gasteiger partial charge on any atom is -0.496 e. The first-order chi connectivity index (χ1) is 23.4. The molecule has 3 N–H and O–H groups in total. The van der Waals surface area contributed by atoms with Crippen LogP contribution in [0, 0.1) is 12.8 Å². The second kappa shape index (κ2) is 13.6. The number of ether oxygens (including phenoxy) is 3. The highest BCUT2D eigenvalue weighted by atomic mass is 32.2. The standard InChI is InChI=1S/C35H44N4O9S/c1-5-22-18-35(22,34(43)38-49(44,45)24-12-13-24)37-32(41)26-16-23(19-39(26)33(42)31(40)21-10-8-7-9-11-21)48-28-17-29(47-6-2)36-30-20(3)27(46-4)15-14-25(28)30/h5,10,14-15,17,22-24,26,31,40H,1,6-9,11-13,16,18-19H2,2-4H3,(H,37,41)(H,38,43)/t22?,23-,26+,31?,35-/m1/s1. The van der Waals surface area contributed by atoms with Gasteiger partial charge in [0.25, 0.3) is 11.8 Å². The minimum atomic E-state index is -3.87. The molecule has 3 aliphatic carbocycles. The second-order valence-electron chi connectivity index (χ2n) is 13.3. The summed E-state index contributed by atoms with van der Waals surface area (Å²) < 4.78 is 45.1. The summed E-state index contributed by atoms with van der Waals surface area (Å²) in [7, 11) is -2.30. The summed E-state index contributed by atoms with van der Waals surface area (Å²) in [5, 5.41) is 14.0. The number of sulfonamides is 1. The van der Waals surface area contributed by atoms with Crippen molar-refractivity contribution in [2.75, 3.05) is 20.3 Å². The van der Waals surface area contributed by atoms with Crippen LogP contribution in [0.25, 0.3) is 10.9 Å². The number of rotatable bonds is 13. The average Bonchev–Trinajstić information content (AvgIpc) is 4.02. The van der Waals surface area contributed by atoms with Gasteiger partial charge in [-0.3, -0.25) is 19.1 Å². The Labute approximate surface area is 286 Å². The first kappa shape index (κ1) is 34.7. The van der Waals surface area contributed by atoms with Gasteiger partial charge in [0.2, 0.25) is 21.8 Å². The van der Waals surface area contributed by atoms with Crippen LogP contribution >= 0.6 is 0 Å². The van der Waals surface area contributed by atoms with Crippen molar-refractivity contribution in [3.63, 3.8) is 0 Å². The lowest BCUT2D eigenvalue weighted by Crippen LogP contribution is -2.57. The molecule has 1 aromatic heterocycles. The summed E-state index contributed by atoms with van der Waals surface area (Å²) >= 11 is 0. The van der Waals surface area contributed by atoms with E-state index in [0.717, 1.165) is 24.8 Å². The maximum Gasteiger partial charge on any atom is 0.259 e. The van der Waals surface area contributed by atoms with E-state index in [-0.39, 0.29) is 19.4 Å². The number of aliphatic hydroxyl groups is 1. The highest BCUT2D eigenvalue weighted by Crippen LogP contribution is 2.46. The third-order valence-electron chi connectivity index (χ3n) is 9.94. The molecule has 5 atom stereocenters. The Morgan fingerprint density at radius 1 is 1.22 bits per heavy atom. The lowest BCUT2D eigenvalue weighted by atomic mass is 9.94. The zero-order valence-electron chi connectivity index (χ0n) is 28.1. The third kappa shape index (κ3) is 6.85. The summed E-state index contributed by atoms with van der Waals surface area (Å²) in [6.45, 7) is 7.82. The number of aryl methyl sites for hydroxylation is 1. The monoisotopic (exact) mass is 696 g/mol. The zero-order valence-corrected chi connectivity index (χ0v) is 28.9. The molecule has 2 aromatic rings. The molecule has 14 heteroatoms. The lowest BCUT2D eigenvalue weighted by molar-refractivity contribution is -0.144. The lowest BCUT2D eigenvalue weighted by Gasteiger charge is -2.29. The number of carbonyl (C=O) groups excluding carboxylic acids is 3. The summed E-state index contributed by atoms with van der Waals surface area (Å²) in [5.41, 5.74) is 0.479. The summed E-state index contributed by atoms with van der Waals surface area (Å²) in [5.74, 6) is -1.21. The molecule has 2 saturated carbocycles. The molecule has 1 aromatic carbocycles. The number of hydrogen-bond acceptors (Lipinski definition) is 10. The summed E-state index contributed by atoms with van der Waals surface area (Å²) in [6.07, 6.45) is 5.54. The predicted octanol–water partition coefficient (Wildman–Crippen LogP) is 2.83. The van der Waals surface area contributed by atoms with Crippen molar-refractivity contribution in [1.29, 1.82) is 0 Å². The predicted molar refractivity (Wildman–Crippen MR) is 181 cm³/mol. The number of aliphatic hydroxyl groups excluding tert-OH is 1. The van der Waals surface area contributed by atoms with E-state index < -0.39 is 62.7 Å². The average molecular weight is 697 g/mol. The van der Waals surface area contributed by atoms with E-state index in [1.54, 1.807) is 19.2 Å². The Kier molecular flexibility index (Phi) is 9.64. The van der Waals surface area contributed by atoms with Gasteiger partial charge in [0.15, 0.2) is 6.10 Å². The van der Waals surface area contributed by atoms with Crippen LogP contribution in [-0.4, -0.2) is 90.4 Å². The molecule has 13 nitrogen and oxygen atoms in total. The van der Waals surface area contributed by atoms with E-state index in [1.165, 1.54) is 11.0 Å². The number of allylic oxidation sites excluding steroid dienone is 1. The first-order valence-corrected chi connectivity index (χ1v) is 18.4. The van der Waals surface area contributed by atoms with Gasteiger partial charge in [-0.2, -0.15) is 0 Å². The van der Waals surface area contributed by atoms with Gasteiger partial charge < -0.3 is 29.5 Å². The number of nitrogens with one attached hydrogen (secondary N) is 2. The summed E-state index contributed by atoms with van der Waals surface area (Å²) in [6, 6.07) is 4.17. The van der Waals surface area contributed by atoms with E-state index in [4.69, 9.17) is 14.2 Å². The number of likely N-dealkylation sites (tertiary alicyclic amines) is 1. The number of benzene rings is 1. The number of fused-ring (bicyclic) bond motifs is 1. The van der Waals surface area contributed by atoms with Crippen LogP contribution in [0.15, 0.2) is 42.5 Å². The molecule has 2 unspecified atom stereocenters. The molecular formula is C35H44N4O9S. The smallest absolute Gasteiger partial charge is 0.259 e. The number of nitrogens with zero attached hydrogens (tertiary/aromatic N) is 2. The molecule has 4 aliphatic rings. The Bertz CT molecular complexity index is 1810. The number of aromatic nitrogens is 1. The molecule has 0 radical (unpaired) electrons. The largest absolute Gasteiger partial charge is 0.496 e. The topological polar surface area (TPSA) is 173 Å².